The number of H-pyrrole nitrogens is 1. The van der Waals surface area contributed by atoms with Gasteiger partial charge in [0.15, 0.2) is 0 Å². The molecule has 0 spiro atoms. The molecule has 1 aliphatic rings. The first-order chi connectivity index (χ1) is 10.2. The molecule has 0 saturated carbocycles. The van der Waals surface area contributed by atoms with Crippen molar-refractivity contribution in [3.63, 3.8) is 0 Å². The number of hydrogen-bond donors (Lipinski definition) is 2. The minimum Gasteiger partial charge on any atom is -0.347 e. The summed E-state index contributed by atoms with van der Waals surface area (Å²) in [7, 11) is 0. The number of imidazole rings is 1. The molecule has 1 heterocycles. The molecule has 0 aliphatic heterocycles. The lowest BCUT2D eigenvalue weighted by Gasteiger charge is -2.11. The van der Waals surface area contributed by atoms with Gasteiger partial charge in [-0.2, -0.15) is 0 Å². The van der Waals surface area contributed by atoms with E-state index in [2.05, 4.69) is 33.5 Å². The lowest BCUT2D eigenvalue weighted by Crippen LogP contribution is -2.28. The molecule has 0 radical (unpaired) electrons. The van der Waals surface area contributed by atoms with Crippen LogP contribution in [0, 0.1) is 0 Å². The fourth-order valence-electron chi connectivity index (χ4n) is 2.65. The van der Waals surface area contributed by atoms with E-state index in [0.29, 0.717) is 5.75 Å². The van der Waals surface area contributed by atoms with Crippen molar-refractivity contribution >= 4 is 17.7 Å². The summed E-state index contributed by atoms with van der Waals surface area (Å²) < 4.78 is 0. The van der Waals surface area contributed by atoms with Gasteiger partial charge in [0.25, 0.3) is 0 Å². The van der Waals surface area contributed by atoms with Crippen LogP contribution in [-0.2, 0) is 17.6 Å². The Morgan fingerprint density at radius 3 is 3.10 bits per heavy atom. The van der Waals surface area contributed by atoms with Crippen molar-refractivity contribution in [1.29, 1.82) is 0 Å². The van der Waals surface area contributed by atoms with Crippen LogP contribution >= 0.6 is 11.8 Å². The van der Waals surface area contributed by atoms with Crippen molar-refractivity contribution in [3.05, 3.63) is 47.5 Å². The van der Waals surface area contributed by atoms with Gasteiger partial charge < -0.3 is 10.3 Å². The highest BCUT2D eigenvalue weighted by Crippen LogP contribution is 2.27. The van der Waals surface area contributed by atoms with Crippen molar-refractivity contribution in [2.45, 2.75) is 37.1 Å². The highest BCUT2D eigenvalue weighted by atomic mass is 32.2. The SMILES string of the molecule is CC(NC(=O)CSc1ccc2c(c1)CCC2)c1ncc[nH]1. The Kier molecular flexibility index (Phi) is 4.29. The maximum atomic E-state index is 12.0. The summed E-state index contributed by atoms with van der Waals surface area (Å²) in [5, 5.41) is 2.95. The van der Waals surface area contributed by atoms with Crippen molar-refractivity contribution in [2.24, 2.45) is 0 Å². The van der Waals surface area contributed by atoms with Gasteiger partial charge in [0, 0.05) is 17.3 Å². The van der Waals surface area contributed by atoms with Gasteiger partial charge in [-0.3, -0.25) is 4.79 Å². The Labute approximate surface area is 128 Å². The second kappa shape index (κ2) is 6.35. The summed E-state index contributed by atoms with van der Waals surface area (Å²) in [5.41, 5.74) is 2.92. The molecule has 3 rings (SSSR count). The van der Waals surface area contributed by atoms with Gasteiger partial charge in [-0.05, 0) is 49.4 Å². The molecule has 0 fully saturated rings. The molecule has 1 unspecified atom stereocenters. The number of aromatic amines is 1. The van der Waals surface area contributed by atoms with E-state index in [1.165, 1.54) is 35.3 Å². The van der Waals surface area contributed by atoms with E-state index >= 15 is 0 Å². The molecule has 0 saturated heterocycles. The highest BCUT2D eigenvalue weighted by molar-refractivity contribution is 8.00. The smallest absolute Gasteiger partial charge is 0.230 e. The highest BCUT2D eigenvalue weighted by Gasteiger charge is 2.13. The predicted molar refractivity (Wildman–Crippen MR) is 84.3 cm³/mol. The van der Waals surface area contributed by atoms with Crippen molar-refractivity contribution in [2.75, 3.05) is 5.75 Å². The Morgan fingerprint density at radius 1 is 1.43 bits per heavy atom. The molecule has 5 heteroatoms. The van der Waals surface area contributed by atoms with Gasteiger partial charge in [-0.15, -0.1) is 11.8 Å². The number of hydrogen-bond acceptors (Lipinski definition) is 3. The lowest BCUT2D eigenvalue weighted by atomic mass is 10.1. The van der Waals surface area contributed by atoms with E-state index in [4.69, 9.17) is 0 Å². The predicted octanol–water partition coefficient (Wildman–Crippen LogP) is 2.87. The second-order valence-corrected chi connectivity index (χ2v) is 6.39. The summed E-state index contributed by atoms with van der Waals surface area (Å²) in [4.78, 5) is 20.3. The van der Waals surface area contributed by atoms with Gasteiger partial charge in [0.1, 0.15) is 5.82 Å². The molecule has 2 aromatic rings. The Bertz CT molecular complexity index is 624. The first-order valence-corrected chi connectivity index (χ1v) is 8.24. The zero-order valence-electron chi connectivity index (χ0n) is 12.1. The molecule has 4 nitrogen and oxygen atoms in total. The largest absolute Gasteiger partial charge is 0.347 e. The fraction of sp³-hybridized carbons (Fsp3) is 0.375. The molecular weight excluding hydrogens is 282 g/mol. The number of rotatable bonds is 5. The summed E-state index contributed by atoms with van der Waals surface area (Å²) >= 11 is 1.59. The van der Waals surface area contributed by atoms with Gasteiger partial charge in [-0.1, -0.05) is 6.07 Å². The number of aromatic nitrogens is 2. The molecule has 1 aromatic carbocycles. The van der Waals surface area contributed by atoms with Crippen LogP contribution in [0.4, 0.5) is 0 Å². The first-order valence-electron chi connectivity index (χ1n) is 7.25. The fourth-order valence-corrected chi connectivity index (χ4v) is 3.42. The number of nitrogens with zero attached hydrogens (tertiary/aromatic N) is 1. The Hall–Kier alpha value is -1.75. The van der Waals surface area contributed by atoms with E-state index in [-0.39, 0.29) is 11.9 Å². The number of fused-ring (bicyclic) bond motifs is 1. The molecule has 2 N–H and O–H groups in total. The van der Waals surface area contributed by atoms with Crippen LogP contribution in [0.15, 0.2) is 35.5 Å². The molecule has 1 aliphatic carbocycles. The average Bonchev–Trinajstić information content (AvgIpc) is 3.15. The second-order valence-electron chi connectivity index (χ2n) is 5.34. The van der Waals surface area contributed by atoms with E-state index in [1.54, 1.807) is 24.2 Å². The molecule has 110 valence electrons. The van der Waals surface area contributed by atoms with Crippen LogP contribution in [0.3, 0.4) is 0 Å². The standard InChI is InChI=1S/C16H19N3OS/c1-11(16-17-7-8-18-16)19-15(20)10-21-14-6-5-12-3-2-4-13(12)9-14/h5-9,11H,2-4,10H2,1H3,(H,17,18)(H,19,20). The minimum atomic E-state index is -0.0897. The normalized spacial score (nSPS) is 14.7. The molecule has 1 atom stereocenters. The summed E-state index contributed by atoms with van der Waals surface area (Å²) in [5.74, 6) is 1.25. The van der Waals surface area contributed by atoms with Crippen molar-refractivity contribution in [3.8, 4) is 0 Å². The van der Waals surface area contributed by atoms with E-state index < -0.39 is 0 Å². The third-order valence-electron chi connectivity index (χ3n) is 3.75. The molecule has 0 bridgehead atoms. The maximum Gasteiger partial charge on any atom is 0.230 e. The number of benzene rings is 1. The van der Waals surface area contributed by atoms with Crippen molar-refractivity contribution < 1.29 is 4.79 Å². The molecular formula is C16H19N3OS. The molecule has 1 amide bonds. The number of carbonyl (C=O) groups is 1. The van der Waals surface area contributed by atoms with Crippen LogP contribution in [0.5, 0.6) is 0 Å². The van der Waals surface area contributed by atoms with E-state index in [9.17, 15) is 4.79 Å². The minimum absolute atomic E-state index is 0.0319. The zero-order chi connectivity index (χ0) is 14.7. The summed E-state index contributed by atoms with van der Waals surface area (Å²) in [6.07, 6.45) is 7.08. The molecule has 21 heavy (non-hydrogen) atoms. The van der Waals surface area contributed by atoms with Gasteiger partial charge in [0.2, 0.25) is 5.91 Å². The number of aryl methyl sites for hydroxylation is 2. The average molecular weight is 301 g/mol. The summed E-state index contributed by atoms with van der Waals surface area (Å²) in [6, 6.07) is 6.47. The quantitative estimate of drug-likeness (QED) is 0.835. The van der Waals surface area contributed by atoms with Gasteiger partial charge in [0.05, 0.1) is 11.8 Å². The van der Waals surface area contributed by atoms with Crippen LogP contribution in [0.2, 0.25) is 0 Å². The van der Waals surface area contributed by atoms with Crippen molar-refractivity contribution in [1.82, 2.24) is 15.3 Å². The van der Waals surface area contributed by atoms with Crippen LogP contribution < -0.4 is 5.32 Å². The van der Waals surface area contributed by atoms with Gasteiger partial charge in [-0.25, -0.2) is 4.98 Å². The number of amides is 1. The lowest BCUT2D eigenvalue weighted by molar-refractivity contribution is -0.119. The third-order valence-corrected chi connectivity index (χ3v) is 4.74. The van der Waals surface area contributed by atoms with Crippen LogP contribution in [-0.4, -0.2) is 21.6 Å². The summed E-state index contributed by atoms with van der Waals surface area (Å²) in [6.45, 7) is 1.93. The first kappa shape index (κ1) is 14.2. The zero-order valence-corrected chi connectivity index (χ0v) is 12.9. The van der Waals surface area contributed by atoms with E-state index in [0.717, 1.165) is 5.82 Å². The van der Waals surface area contributed by atoms with E-state index in [1.807, 2.05) is 6.92 Å². The van der Waals surface area contributed by atoms with Gasteiger partial charge >= 0.3 is 0 Å². The Morgan fingerprint density at radius 2 is 2.29 bits per heavy atom. The molecule has 1 aromatic heterocycles. The number of carbonyl (C=O) groups excluding carboxylic acids is 1. The number of nitrogens with one attached hydrogen (secondary N) is 2. The monoisotopic (exact) mass is 301 g/mol. The maximum absolute atomic E-state index is 12.0. The topological polar surface area (TPSA) is 57.8 Å². The third kappa shape index (κ3) is 3.47. The number of thioether (sulfide) groups is 1. The van der Waals surface area contributed by atoms with Crippen LogP contribution in [0.25, 0.3) is 0 Å². The van der Waals surface area contributed by atoms with Crippen LogP contribution in [0.1, 0.15) is 36.3 Å². The Balaban J connectivity index is 1.52.